The van der Waals surface area contributed by atoms with Crippen molar-refractivity contribution in [2.45, 2.75) is 23.7 Å². The molecule has 3 aromatic rings. The minimum absolute atomic E-state index is 0.0709. The molecule has 1 fully saturated rings. The Hall–Kier alpha value is -3.04. The molecule has 4 rings (SSSR count). The van der Waals surface area contributed by atoms with Crippen LogP contribution in [0.25, 0.3) is 11.5 Å². The van der Waals surface area contributed by atoms with Crippen LogP contribution in [0.3, 0.4) is 0 Å². The molecule has 1 aliphatic heterocycles. The minimum atomic E-state index is -3.73. The van der Waals surface area contributed by atoms with E-state index in [9.17, 15) is 13.2 Å². The lowest BCUT2D eigenvalue weighted by atomic mass is 9.98. The predicted molar refractivity (Wildman–Crippen MR) is 110 cm³/mol. The van der Waals surface area contributed by atoms with Crippen molar-refractivity contribution in [3.8, 4) is 11.5 Å². The van der Waals surface area contributed by atoms with Gasteiger partial charge in [0.05, 0.1) is 17.4 Å². The van der Waals surface area contributed by atoms with Crippen molar-refractivity contribution in [1.29, 1.82) is 0 Å². The summed E-state index contributed by atoms with van der Waals surface area (Å²) in [5.41, 5.74) is 0.843. The molecule has 1 aromatic heterocycles. The Morgan fingerprint density at radius 2 is 1.77 bits per heavy atom. The predicted octanol–water partition coefficient (Wildman–Crippen LogP) is 2.42. The molecule has 0 bridgehead atoms. The number of hydrogen-bond acceptors (Lipinski definition) is 6. The Balaban J connectivity index is 1.38. The van der Waals surface area contributed by atoms with Crippen LogP contribution in [0.2, 0.25) is 0 Å². The second-order valence-corrected chi connectivity index (χ2v) is 8.89. The van der Waals surface area contributed by atoms with Crippen molar-refractivity contribution in [1.82, 2.24) is 19.8 Å². The number of hydrogen-bond donors (Lipinski definition) is 1. The fourth-order valence-corrected chi connectivity index (χ4v) is 4.45. The van der Waals surface area contributed by atoms with E-state index in [0.717, 1.165) is 18.4 Å². The molecule has 1 atom stereocenters. The third-order valence-electron chi connectivity index (χ3n) is 5.05. The van der Waals surface area contributed by atoms with Gasteiger partial charge in [-0.2, -0.15) is 0 Å². The van der Waals surface area contributed by atoms with E-state index in [4.69, 9.17) is 4.42 Å². The average molecular weight is 426 g/mol. The zero-order valence-corrected chi connectivity index (χ0v) is 17.1. The first-order valence-electron chi connectivity index (χ1n) is 9.74. The zero-order valence-electron chi connectivity index (χ0n) is 16.3. The van der Waals surface area contributed by atoms with Crippen LogP contribution in [0, 0.1) is 0 Å². The molecule has 0 saturated carbocycles. The Morgan fingerprint density at radius 1 is 1.07 bits per heavy atom. The van der Waals surface area contributed by atoms with E-state index in [1.807, 2.05) is 30.3 Å². The molecule has 2 aromatic carbocycles. The number of carbonyl (C=O) groups is 1. The van der Waals surface area contributed by atoms with Crippen LogP contribution < -0.4 is 4.72 Å². The van der Waals surface area contributed by atoms with E-state index >= 15 is 0 Å². The first-order valence-corrected chi connectivity index (χ1v) is 11.2. The van der Waals surface area contributed by atoms with Gasteiger partial charge >= 0.3 is 0 Å². The largest absolute Gasteiger partial charge is 0.420 e. The smallest absolute Gasteiger partial charge is 0.247 e. The number of piperidine rings is 1. The van der Waals surface area contributed by atoms with Gasteiger partial charge in [0.15, 0.2) is 0 Å². The number of nitrogens with zero attached hydrogens (tertiary/aromatic N) is 3. The summed E-state index contributed by atoms with van der Waals surface area (Å²) >= 11 is 0. The highest BCUT2D eigenvalue weighted by atomic mass is 32.2. The van der Waals surface area contributed by atoms with Gasteiger partial charge in [-0.15, -0.1) is 10.2 Å². The Kier molecular flexibility index (Phi) is 5.91. The number of likely N-dealkylation sites (tertiary alicyclic amines) is 1. The van der Waals surface area contributed by atoms with Crippen molar-refractivity contribution in [2.24, 2.45) is 0 Å². The lowest BCUT2D eigenvalue weighted by Gasteiger charge is -2.31. The fourth-order valence-electron chi connectivity index (χ4n) is 3.45. The standard InChI is InChI=1S/C21H22N4O4S/c26-19(14-22-30(27,28)18-11-5-2-6-12-18)25-13-7-10-17(15-25)21-24-23-20(29-21)16-8-3-1-4-9-16/h1-6,8-9,11-12,17,22H,7,10,13-15H2. The normalized spacial score (nSPS) is 17.1. The van der Waals surface area contributed by atoms with Crippen molar-refractivity contribution in [2.75, 3.05) is 19.6 Å². The van der Waals surface area contributed by atoms with E-state index < -0.39 is 10.0 Å². The van der Waals surface area contributed by atoms with Gasteiger partial charge in [-0.05, 0) is 37.1 Å². The minimum Gasteiger partial charge on any atom is -0.420 e. The summed E-state index contributed by atoms with van der Waals surface area (Å²) in [7, 11) is -3.73. The molecular weight excluding hydrogens is 404 g/mol. The fraction of sp³-hybridized carbons (Fsp3) is 0.286. The van der Waals surface area contributed by atoms with Gasteiger partial charge in [0.25, 0.3) is 0 Å². The van der Waals surface area contributed by atoms with Crippen molar-refractivity contribution in [3.63, 3.8) is 0 Å². The van der Waals surface area contributed by atoms with Crippen LogP contribution in [0.1, 0.15) is 24.7 Å². The van der Waals surface area contributed by atoms with Crippen LogP contribution in [0.5, 0.6) is 0 Å². The van der Waals surface area contributed by atoms with Gasteiger partial charge in [0, 0.05) is 18.7 Å². The summed E-state index contributed by atoms with van der Waals surface area (Å²) in [5.74, 6) is 0.598. The second-order valence-electron chi connectivity index (χ2n) is 7.13. The SMILES string of the molecule is O=C(CNS(=O)(=O)c1ccccc1)N1CCCC(c2nnc(-c3ccccc3)o2)C1. The highest BCUT2D eigenvalue weighted by Gasteiger charge is 2.29. The van der Waals surface area contributed by atoms with E-state index in [2.05, 4.69) is 14.9 Å². The third-order valence-corrected chi connectivity index (χ3v) is 6.47. The molecule has 1 unspecified atom stereocenters. The summed E-state index contributed by atoms with van der Waals surface area (Å²) in [4.78, 5) is 14.4. The highest BCUT2D eigenvalue weighted by Crippen LogP contribution is 2.28. The molecule has 1 N–H and O–H groups in total. The number of benzene rings is 2. The van der Waals surface area contributed by atoms with Crippen LogP contribution in [-0.4, -0.2) is 49.1 Å². The van der Waals surface area contributed by atoms with Gasteiger partial charge in [0.2, 0.25) is 27.7 Å². The monoisotopic (exact) mass is 426 g/mol. The Morgan fingerprint density at radius 3 is 2.50 bits per heavy atom. The van der Waals surface area contributed by atoms with E-state index in [0.29, 0.717) is 24.9 Å². The first-order chi connectivity index (χ1) is 14.5. The summed E-state index contributed by atoms with van der Waals surface area (Å²) in [6.45, 7) is 0.702. The van der Waals surface area contributed by atoms with Gasteiger partial charge in [0.1, 0.15) is 0 Å². The van der Waals surface area contributed by atoms with E-state index in [-0.39, 0.29) is 23.3 Å². The summed E-state index contributed by atoms with van der Waals surface area (Å²) in [5, 5.41) is 8.29. The van der Waals surface area contributed by atoms with Gasteiger partial charge in [-0.1, -0.05) is 36.4 Å². The van der Waals surface area contributed by atoms with Crippen molar-refractivity contribution in [3.05, 3.63) is 66.6 Å². The Bertz CT molecular complexity index is 1100. The van der Waals surface area contributed by atoms with Crippen LogP contribution >= 0.6 is 0 Å². The molecule has 8 nitrogen and oxygen atoms in total. The van der Waals surface area contributed by atoms with Gasteiger partial charge < -0.3 is 9.32 Å². The number of sulfonamides is 1. The number of aromatic nitrogens is 2. The summed E-state index contributed by atoms with van der Waals surface area (Å²) < 4.78 is 32.9. The number of rotatable bonds is 6. The van der Waals surface area contributed by atoms with Crippen molar-refractivity contribution >= 4 is 15.9 Å². The summed E-state index contributed by atoms with van der Waals surface area (Å²) in [6, 6.07) is 17.5. The maximum Gasteiger partial charge on any atom is 0.247 e. The number of amides is 1. The lowest BCUT2D eigenvalue weighted by molar-refractivity contribution is -0.131. The molecule has 9 heteroatoms. The maximum atomic E-state index is 12.6. The zero-order chi connectivity index (χ0) is 21.0. The lowest BCUT2D eigenvalue weighted by Crippen LogP contribution is -2.44. The molecular formula is C21H22N4O4S. The molecule has 2 heterocycles. The van der Waals surface area contributed by atoms with Gasteiger partial charge in [-0.25, -0.2) is 13.1 Å². The van der Waals surface area contributed by atoms with Crippen molar-refractivity contribution < 1.29 is 17.6 Å². The molecule has 0 radical (unpaired) electrons. The summed E-state index contributed by atoms with van der Waals surface area (Å²) in [6.07, 6.45) is 1.61. The first kappa shape index (κ1) is 20.2. The number of carbonyl (C=O) groups excluding carboxylic acids is 1. The Labute approximate surface area is 175 Å². The van der Waals surface area contributed by atoms with E-state index in [1.54, 1.807) is 23.1 Å². The second kappa shape index (κ2) is 8.76. The molecule has 156 valence electrons. The molecule has 0 aliphatic carbocycles. The van der Waals surface area contributed by atoms with Crippen LogP contribution in [0.4, 0.5) is 0 Å². The quantitative estimate of drug-likeness (QED) is 0.649. The number of nitrogens with one attached hydrogen (secondary N) is 1. The molecule has 0 spiro atoms. The topological polar surface area (TPSA) is 105 Å². The maximum absolute atomic E-state index is 12.6. The molecule has 30 heavy (non-hydrogen) atoms. The average Bonchev–Trinajstić information content (AvgIpc) is 3.29. The third kappa shape index (κ3) is 4.58. The van der Waals surface area contributed by atoms with Gasteiger partial charge in [-0.3, -0.25) is 4.79 Å². The van der Waals surface area contributed by atoms with Crippen LogP contribution in [0.15, 0.2) is 70.0 Å². The highest BCUT2D eigenvalue weighted by molar-refractivity contribution is 7.89. The molecule has 1 aliphatic rings. The van der Waals surface area contributed by atoms with E-state index in [1.165, 1.54) is 12.1 Å². The molecule has 1 saturated heterocycles. The van der Waals surface area contributed by atoms with Crippen LogP contribution in [-0.2, 0) is 14.8 Å². The molecule has 1 amide bonds.